The molecule has 0 amide bonds. The van der Waals surface area contributed by atoms with Crippen molar-refractivity contribution in [2.24, 2.45) is 0 Å². The molecular weight excluding hydrogens is 1080 g/mol. The minimum Gasteiger partial charge on any atom is -0.456 e. The van der Waals surface area contributed by atoms with Gasteiger partial charge < -0.3 is 32.9 Å². The Morgan fingerprint density at radius 2 is 0.659 bits per heavy atom. The predicted octanol–water partition coefficient (Wildman–Crippen LogP) is 21.0. The van der Waals surface area contributed by atoms with Crippen LogP contribution in [-0.4, -0.2) is 6.71 Å². The van der Waals surface area contributed by atoms with Crippen LogP contribution in [0.1, 0.15) is 52.7 Å². The molecule has 422 valence electrons. The molecule has 0 saturated carbocycles. The van der Waals surface area contributed by atoms with Gasteiger partial charge in [-0.15, -0.1) is 0 Å². The maximum absolute atomic E-state index is 6.87. The third-order valence-corrected chi connectivity index (χ3v) is 18.3. The van der Waals surface area contributed by atoms with E-state index in [9.17, 15) is 0 Å². The van der Waals surface area contributed by atoms with E-state index in [0.717, 1.165) is 134 Å². The minimum atomic E-state index is -0.219. The Bertz CT molecular complexity index is 5110. The Kier molecular flexibility index (Phi) is 11.4. The Morgan fingerprint density at radius 1 is 0.284 bits per heavy atom. The monoisotopic (exact) mass is 1140 g/mol. The smallest absolute Gasteiger partial charge is 0.252 e. The standard InChI is InChI=1S/C80H61BN4O3/c1-79(2,3)50-29-33-54(34-30-50)84-68-45-58(83(56-38-41-75-63(43-56)60-23-13-16-26-72(60)86-75)57-39-42-76-64(44-57)61-24-14-17-27-73(61)87-76)37-40-66(68)81-67-48-65-62-25-15-18-28-74(62)88-77(65)49-69(67)85(55-35-31-51(32-36-55)80(4,5)6)71-47-59(46-70(84)78(71)81)82(52-19-9-7-10-20-52)53-21-11-8-12-22-53/h7-49H,1-6H3. The summed E-state index contributed by atoms with van der Waals surface area (Å²) in [5.74, 6) is 0. The second-order valence-corrected chi connectivity index (χ2v) is 25.7. The van der Waals surface area contributed by atoms with Crippen molar-refractivity contribution in [2.75, 3.05) is 19.6 Å². The zero-order chi connectivity index (χ0) is 59.2. The lowest BCUT2D eigenvalue weighted by atomic mass is 9.33. The summed E-state index contributed by atoms with van der Waals surface area (Å²) in [4.78, 5) is 9.87. The quantitative estimate of drug-likeness (QED) is 0.141. The van der Waals surface area contributed by atoms with Crippen LogP contribution in [-0.2, 0) is 10.8 Å². The van der Waals surface area contributed by atoms with E-state index in [1.807, 2.05) is 12.1 Å². The molecule has 0 atom stereocenters. The van der Waals surface area contributed by atoms with Crippen LogP contribution in [0.15, 0.2) is 274 Å². The van der Waals surface area contributed by atoms with Crippen LogP contribution in [0, 0.1) is 0 Å². The Labute approximate surface area is 511 Å². The first-order valence-corrected chi connectivity index (χ1v) is 30.5. The van der Waals surface area contributed by atoms with Crippen LogP contribution >= 0.6 is 0 Å². The Balaban J connectivity index is 0.984. The van der Waals surface area contributed by atoms with Crippen molar-refractivity contribution in [1.82, 2.24) is 0 Å². The maximum Gasteiger partial charge on any atom is 0.252 e. The first kappa shape index (κ1) is 51.7. The number of anilines is 12. The fourth-order valence-corrected chi connectivity index (χ4v) is 14.0. The molecule has 3 aromatic heterocycles. The van der Waals surface area contributed by atoms with E-state index < -0.39 is 0 Å². The van der Waals surface area contributed by atoms with E-state index in [1.165, 1.54) is 27.5 Å². The van der Waals surface area contributed by atoms with Gasteiger partial charge in [0.1, 0.15) is 33.5 Å². The molecule has 88 heavy (non-hydrogen) atoms. The molecule has 0 spiro atoms. The zero-order valence-electron chi connectivity index (χ0n) is 49.9. The van der Waals surface area contributed by atoms with Crippen LogP contribution < -0.4 is 36.0 Å². The SMILES string of the molecule is CC(C)(C)c1ccc(N2c3cc(N(c4ccc5oc6ccccc6c5c4)c4ccc5oc6ccccc6c5c4)ccc3B3c4cc5c(cc4N(c4ccc(C(C)(C)C)cc4)c4cc(N(c6ccccc6)c6ccccc6)cc2c43)oc2ccccc25)cc1. The average Bonchev–Trinajstić information content (AvgIpc) is 0.744. The molecule has 0 N–H and O–H groups in total. The van der Waals surface area contributed by atoms with E-state index in [0.29, 0.717) is 0 Å². The van der Waals surface area contributed by atoms with Crippen molar-refractivity contribution in [2.45, 2.75) is 52.4 Å². The summed E-state index contributed by atoms with van der Waals surface area (Å²) in [5.41, 5.74) is 23.7. The fraction of sp³-hybridized carbons (Fsp3) is 0.100. The molecule has 2 aliphatic heterocycles. The molecule has 0 bridgehead atoms. The summed E-state index contributed by atoms with van der Waals surface area (Å²) in [5, 5.41) is 6.43. The molecule has 0 fully saturated rings. The molecule has 12 aromatic carbocycles. The molecule has 0 saturated heterocycles. The molecule has 5 heterocycles. The molecule has 0 unspecified atom stereocenters. The highest BCUT2D eigenvalue weighted by Crippen LogP contribution is 2.51. The topological polar surface area (TPSA) is 52.4 Å². The van der Waals surface area contributed by atoms with E-state index in [4.69, 9.17) is 13.3 Å². The van der Waals surface area contributed by atoms with Crippen molar-refractivity contribution >= 4 is 157 Å². The summed E-state index contributed by atoms with van der Waals surface area (Å²) in [6, 6.07) is 95.3. The van der Waals surface area contributed by atoms with E-state index >= 15 is 0 Å². The van der Waals surface area contributed by atoms with Gasteiger partial charge in [0.25, 0.3) is 6.71 Å². The van der Waals surface area contributed by atoms with Crippen molar-refractivity contribution in [1.29, 1.82) is 0 Å². The van der Waals surface area contributed by atoms with Crippen molar-refractivity contribution < 1.29 is 13.3 Å². The Morgan fingerprint density at radius 3 is 1.14 bits per heavy atom. The van der Waals surface area contributed by atoms with Crippen LogP contribution in [0.4, 0.5) is 68.2 Å². The number of hydrogen-bond acceptors (Lipinski definition) is 7. The fourth-order valence-electron chi connectivity index (χ4n) is 14.0. The second kappa shape index (κ2) is 19.4. The number of nitrogens with zero attached hydrogens (tertiary/aromatic N) is 4. The van der Waals surface area contributed by atoms with Gasteiger partial charge in [-0.3, -0.25) is 0 Å². The summed E-state index contributed by atoms with van der Waals surface area (Å²) in [6.45, 7) is 13.5. The van der Waals surface area contributed by atoms with Crippen LogP contribution in [0.25, 0.3) is 65.8 Å². The molecular formula is C80H61BN4O3. The van der Waals surface area contributed by atoms with Crippen LogP contribution in [0.3, 0.4) is 0 Å². The zero-order valence-corrected chi connectivity index (χ0v) is 49.9. The molecule has 7 nitrogen and oxygen atoms in total. The van der Waals surface area contributed by atoms with E-state index in [2.05, 4.69) is 310 Å². The third kappa shape index (κ3) is 8.19. The summed E-state index contributed by atoms with van der Waals surface area (Å²) in [7, 11) is 0. The highest BCUT2D eigenvalue weighted by atomic mass is 16.3. The van der Waals surface area contributed by atoms with Gasteiger partial charge in [0.05, 0.1) is 5.69 Å². The van der Waals surface area contributed by atoms with Gasteiger partial charge >= 0.3 is 0 Å². The molecule has 17 rings (SSSR count). The van der Waals surface area contributed by atoms with Gasteiger partial charge in [-0.25, -0.2) is 0 Å². The van der Waals surface area contributed by atoms with Crippen molar-refractivity contribution in [3.63, 3.8) is 0 Å². The summed E-state index contributed by atoms with van der Waals surface area (Å²) in [6.07, 6.45) is 0. The first-order valence-electron chi connectivity index (χ1n) is 30.5. The lowest BCUT2D eigenvalue weighted by molar-refractivity contribution is 0.590. The number of hydrogen-bond donors (Lipinski definition) is 0. The first-order chi connectivity index (χ1) is 42.9. The molecule has 0 aliphatic carbocycles. The van der Waals surface area contributed by atoms with Gasteiger partial charge in [-0.1, -0.05) is 169 Å². The second-order valence-electron chi connectivity index (χ2n) is 25.7. The summed E-state index contributed by atoms with van der Waals surface area (Å²) >= 11 is 0. The lowest BCUT2D eigenvalue weighted by Crippen LogP contribution is -2.61. The molecule has 0 radical (unpaired) electrons. The normalized spacial score (nSPS) is 13.0. The highest BCUT2D eigenvalue weighted by Gasteiger charge is 2.45. The molecule has 8 heteroatoms. The average molecular weight is 1140 g/mol. The highest BCUT2D eigenvalue weighted by molar-refractivity contribution is 7.00. The van der Waals surface area contributed by atoms with E-state index in [1.54, 1.807) is 0 Å². The van der Waals surface area contributed by atoms with Crippen molar-refractivity contribution in [3.8, 4) is 0 Å². The van der Waals surface area contributed by atoms with Gasteiger partial charge in [0.15, 0.2) is 0 Å². The van der Waals surface area contributed by atoms with Gasteiger partial charge in [-0.2, -0.15) is 0 Å². The largest absolute Gasteiger partial charge is 0.456 e. The summed E-state index contributed by atoms with van der Waals surface area (Å²) < 4.78 is 19.9. The maximum atomic E-state index is 6.87. The number of rotatable bonds is 8. The van der Waals surface area contributed by atoms with Gasteiger partial charge in [0, 0.05) is 101 Å². The van der Waals surface area contributed by atoms with Crippen LogP contribution in [0.2, 0.25) is 0 Å². The van der Waals surface area contributed by atoms with E-state index in [-0.39, 0.29) is 17.5 Å². The molecule has 2 aliphatic rings. The number of para-hydroxylation sites is 5. The predicted molar refractivity (Wildman–Crippen MR) is 369 cm³/mol. The number of furan rings is 3. The number of benzene rings is 12. The van der Waals surface area contributed by atoms with Gasteiger partial charge in [0.2, 0.25) is 0 Å². The minimum absolute atomic E-state index is 0.0449. The molecule has 15 aromatic rings. The number of fused-ring (bicyclic) bond motifs is 13. The van der Waals surface area contributed by atoms with Crippen LogP contribution in [0.5, 0.6) is 0 Å². The van der Waals surface area contributed by atoms with Crippen molar-refractivity contribution in [3.05, 3.63) is 272 Å². The lowest BCUT2D eigenvalue weighted by Gasteiger charge is -2.45. The van der Waals surface area contributed by atoms with Gasteiger partial charge in [-0.05, 0) is 166 Å². The Hall–Kier alpha value is -10.7. The third-order valence-electron chi connectivity index (χ3n) is 18.3.